The normalized spacial score (nSPS) is 12.9. The summed E-state index contributed by atoms with van der Waals surface area (Å²) in [5.74, 6) is 0. The van der Waals surface area contributed by atoms with Gasteiger partial charge < -0.3 is 0 Å². The minimum absolute atomic E-state index is 0.340. The first-order valence-corrected chi connectivity index (χ1v) is 15.0. The van der Waals surface area contributed by atoms with E-state index in [2.05, 4.69) is 140 Å². The van der Waals surface area contributed by atoms with Crippen LogP contribution in [0.1, 0.15) is 15.8 Å². The van der Waals surface area contributed by atoms with Crippen LogP contribution in [0.5, 0.6) is 0 Å². The van der Waals surface area contributed by atoms with Gasteiger partial charge in [-0.3, -0.25) is 0 Å². The Hall–Kier alpha value is -3.34. The SMILES string of the molecule is c1ccc([As+](c2ccccc2)(c2ccccc2)C2c3ccccc3-c3ccccc32)cc1. The van der Waals surface area contributed by atoms with E-state index in [4.69, 9.17) is 0 Å². The van der Waals surface area contributed by atoms with Crippen molar-refractivity contribution in [1.82, 2.24) is 0 Å². The third-order valence-electron chi connectivity index (χ3n) is 6.68. The number of fused-ring (bicyclic) bond motifs is 3. The molecule has 0 fully saturated rings. The van der Waals surface area contributed by atoms with Gasteiger partial charge in [0.15, 0.2) is 0 Å². The van der Waals surface area contributed by atoms with E-state index in [-0.39, 0.29) is 0 Å². The van der Waals surface area contributed by atoms with Crippen molar-refractivity contribution in [2.24, 2.45) is 0 Å². The molecule has 0 heterocycles. The zero-order chi connectivity index (χ0) is 21.4. The molecular weight excluding hydrogens is 447 g/mol. The Balaban J connectivity index is 1.79. The van der Waals surface area contributed by atoms with Crippen molar-refractivity contribution in [2.45, 2.75) is 4.71 Å². The van der Waals surface area contributed by atoms with E-state index in [1.807, 2.05) is 0 Å². The summed E-state index contributed by atoms with van der Waals surface area (Å²) in [6.45, 7) is 0. The minimum atomic E-state index is -3.00. The molecule has 0 unspecified atom stereocenters. The molecule has 0 atom stereocenters. The van der Waals surface area contributed by atoms with Gasteiger partial charge in [0.1, 0.15) is 0 Å². The maximum absolute atomic E-state index is 3.00. The molecule has 0 N–H and O–H groups in total. The van der Waals surface area contributed by atoms with E-state index in [9.17, 15) is 0 Å². The van der Waals surface area contributed by atoms with Gasteiger partial charge in [-0.2, -0.15) is 0 Å². The van der Waals surface area contributed by atoms with Gasteiger partial charge in [0.2, 0.25) is 0 Å². The average molecular weight is 471 g/mol. The van der Waals surface area contributed by atoms with Gasteiger partial charge in [0, 0.05) is 0 Å². The van der Waals surface area contributed by atoms with Gasteiger partial charge in [-0.25, -0.2) is 0 Å². The molecular formula is C31H24As+. The quantitative estimate of drug-likeness (QED) is 0.304. The van der Waals surface area contributed by atoms with Crippen LogP contribution in [0.4, 0.5) is 0 Å². The third kappa shape index (κ3) is 2.84. The van der Waals surface area contributed by atoms with E-state index in [0.717, 1.165) is 0 Å². The standard InChI is InChI=1S/C31H24As/c1-4-14-24(15-5-1)32(25-16-6-2-7-17-25,26-18-8-3-9-19-26)31-29-22-12-10-20-27(29)28-21-11-13-23-30(28)31/h1-23,31H/q+1. The second-order valence-electron chi connectivity index (χ2n) is 8.31. The molecule has 1 heteroatoms. The topological polar surface area (TPSA) is 0 Å². The van der Waals surface area contributed by atoms with Crippen LogP contribution in [-0.2, 0) is 0 Å². The fraction of sp³-hybridized carbons (Fsp3) is 0.0323. The molecule has 1 aliphatic rings. The van der Waals surface area contributed by atoms with Crippen molar-refractivity contribution in [2.75, 3.05) is 0 Å². The van der Waals surface area contributed by atoms with Gasteiger partial charge in [-0.05, 0) is 0 Å². The summed E-state index contributed by atoms with van der Waals surface area (Å²) in [5, 5.41) is 0. The van der Waals surface area contributed by atoms with Crippen molar-refractivity contribution in [1.29, 1.82) is 0 Å². The maximum atomic E-state index is 2.37. The monoisotopic (exact) mass is 471 g/mol. The van der Waals surface area contributed by atoms with Crippen LogP contribution in [0.3, 0.4) is 0 Å². The molecule has 0 nitrogen and oxygen atoms in total. The Morgan fingerprint density at radius 1 is 0.344 bits per heavy atom. The van der Waals surface area contributed by atoms with Crippen LogP contribution < -0.4 is 13.1 Å². The zero-order valence-corrected chi connectivity index (χ0v) is 19.7. The van der Waals surface area contributed by atoms with Crippen molar-refractivity contribution < 1.29 is 0 Å². The van der Waals surface area contributed by atoms with Crippen LogP contribution >= 0.6 is 0 Å². The molecule has 152 valence electrons. The molecule has 0 amide bonds. The summed E-state index contributed by atoms with van der Waals surface area (Å²) in [6, 6.07) is 52.0. The van der Waals surface area contributed by atoms with Crippen LogP contribution in [0, 0.1) is 0 Å². The summed E-state index contributed by atoms with van der Waals surface area (Å²) >= 11 is -3.00. The number of hydrogen-bond donors (Lipinski definition) is 0. The number of rotatable bonds is 4. The summed E-state index contributed by atoms with van der Waals surface area (Å²) in [5.41, 5.74) is 5.72. The zero-order valence-electron chi connectivity index (χ0n) is 17.8. The van der Waals surface area contributed by atoms with Crippen LogP contribution in [0.15, 0.2) is 140 Å². The summed E-state index contributed by atoms with van der Waals surface area (Å²) in [7, 11) is 0. The first kappa shape index (κ1) is 19.4. The molecule has 5 aromatic carbocycles. The Bertz CT molecular complexity index is 1220. The van der Waals surface area contributed by atoms with Gasteiger partial charge >= 0.3 is 193 Å². The Kier molecular flexibility index (Phi) is 4.82. The second kappa shape index (κ2) is 7.97. The van der Waals surface area contributed by atoms with Crippen molar-refractivity contribution >= 4 is 26.6 Å². The Morgan fingerprint density at radius 3 is 1.03 bits per heavy atom. The molecule has 0 aliphatic heterocycles. The van der Waals surface area contributed by atoms with Crippen LogP contribution in [0.2, 0.25) is 0 Å². The molecule has 5 aromatic rings. The van der Waals surface area contributed by atoms with E-state index in [1.54, 1.807) is 0 Å². The first-order chi connectivity index (χ1) is 15.9. The van der Waals surface area contributed by atoms with Crippen LogP contribution in [-0.4, -0.2) is 13.6 Å². The Morgan fingerprint density at radius 2 is 0.656 bits per heavy atom. The van der Waals surface area contributed by atoms with E-state index in [1.165, 1.54) is 35.3 Å². The molecule has 6 rings (SSSR count). The summed E-state index contributed by atoms with van der Waals surface area (Å²) in [6.07, 6.45) is 0. The second-order valence-corrected chi connectivity index (χ2v) is 15.7. The van der Waals surface area contributed by atoms with E-state index >= 15 is 0 Å². The van der Waals surface area contributed by atoms with Gasteiger partial charge in [0.25, 0.3) is 0 Å². The predicted octanol–water partition coefficient (Wildman–Crippen LogP) is 5.51. The molecule has 32 heavy (non-hydrogen) atoms. The van der Waals surface area contributed by atoms with E-state index < -0.39 is 13.6 Å². The molecule has 0 spiro atoms. The predicted molar refractivity (Wildman–Crippen MR) is 138 cm³/mol. The first-order valence-electron chi connectivity index (χ1n) is 11.1. The molecule has 0 saturated heterocycles. The van der Waals surface area contributed by atoms with Crippen molar-refractivity contribution in [3.05, 3.63) is 151 Å². The van der Waals surface area contributed by atoms with Gasteiger partial charge in [-0.1, -0.05) is 0 Å². The number of hydrogen-bond acceptors (Lipinski definition) is 0. The fourth-order valence-electron chi connectivity index (χ4n) is 5.43. The molecule has 0 radical (unpaired) electrons. The van der Waals surface area contributed by atoms with Gasteiger partial charge in [0.05, 0.1) is 0 Å². The molecule has 0 saturated carbocycles. The fourth-order valence-corrected chi connectivity index (χ4v) is 15.9. The van der Waals surface area contributed by atoms with Gasteiger partial charge in [-0.15, -0.1) is 0 Å². The number of benzene rings is 5. The summed E-state index contributed by atoms with van der Waals surface area (Å²) in [4.78, 5) is 0. The third-order valence-corrected chi connectivity index (χ3v) is 16.5. The van der Waals surface area contributed by atoms with Crippen molar-refractivity contribution in [3.63, 3.8) is 0 Å². The summed E-state index contributed by atoms with van der Waals surface area (Å²) < 4.78 is 4.80. The molecule has 1 aliphatic carbocycles. The van der Waals surface area contributed by atoms with Crippen molar-refractivity contribution in [3.8, 4) is 11.1 Å². The Labute approximate surface area is 192 Å². The average Bonchev–Trinajstić information content (AvgIpc) is 3.22. The molecule has 0 bridgehead atoms. The van der Waals surface area contributed by atoms with E-state index in [0.29, 0.717) is 4.71 Å². The van der Waals surface area contributed by atoms with Crippen LogP contribution in [0.25, 0.3) is 11.1 Å². The molecule has 0 aromatic heterocycles.